The van der Waals surface area contributed by atoms with Crippen LogP contribution in [-0.2, 0) is 19.2 Å². The predicted molar refractivity (Wildman–Crippen MR) is 146 cm³/mol. The highest BCUT2D eigenvalue weighted by molar-refractivity contribution is 7.89. The van der Waals surface area contributed by atoms with Crippen molar-refractivity contribution < 1.29 is 17.5 Å². The molecule has 1 aliphatic heterocycles. The van der Waals surface area contributed by atoms with Gasteiger partial charge in [0.15, 0.2) is 0 Å². The summed E-state index contributed by atoms with van der Waals surface area (Å²) in [6.45, 7) is 2.26. The second kappa shape index (κ2) is 15.4. The van der Waals surface area contributed by atoms with E-state index in [9.17, 15) is 13.2 Å². The van der Waals surface area contributed by atoms with E-state index >= 15 is 0 Å². The summed E-state index contributed by atoms with van der Waals surface area (Å²) < 4.78 is 30.7. The zero-order valence-corrected chi connectivity index (χ0v) is 23.3. The summed E-state index contributed by atoms with van der Waals surface area (Å²) in [6, 6.07) is 7.13. The highest BCUT2D eigenvalue weighted by Crippen LogP contribution is 2.28. The zero-order valence-electron chi connectivity index (χ0n) is 21.6. The van der Waals surface area contributed by atoms with Gasteiger partial charge >= 0.3 is 10.1 Å². The number of amides is 1. The SMILES string of the molecule is CCCCCCCCCCCCCCCCCC1=NN(OS(=O)(=O)c2nc3ccccc3s2)C(=O)C1. The molecule has 0 spiro atoms. The standard InChI is InChI=1S/C27H41N3O4S2/c1-2-3-4-5-6-7-8-9-10-11-12-13-14-15-16-19-23-22-26(31)30(29-23)34-36(32,33)27-28-24-20-17-18-21-25(24)35-27/h17-18,20-21H,2-16,19,22H2,1H3. The normalized spacial score (nSPS) is 14.2. The average molecular weight is 536 g/mol. The number of hydrazone groups is 1. The molecule has 0 saturated heterocycles. The molecule has 200 valence electrons. The van der Waals surface area contributed by atoms with E-state index in [1.54, 1.807) is 18.2 Å². The van der Waals surface area contributed by atoms with Crippen molar-refractivity contribution in [2.75, 3.05) is 0 Å². The zero-order chi connectivity index (χ0) is 25.6. The maximum Gasteiger partial charge on any atom is 0.347 e. The fourth-order valence-electron chi connectivity index (χ4n) is 4.44. The van der Waals surface area contributed by atoms with Crippen LogP contribution < -0.4 is 0 Å². The number of hydroxylamine groups is 1. The second-order valence-corrected chi connectivity index (χ2v) is 12.4. The molecule has 1 aliphatic rings. The van der Waals surface area contributed by atoms with E-state index in [4.69, 9.17) is 4.28 Å². The van der Waals surface area contributed by atoms with Crippen molar-refractivity contribution in [2.45, 2.75) is 120 Å². The average Bonchev–Trinajstić information content (AvgIpc) is 3.45. The topological polar surface area (TPSA) is 88.9 Å². The molecule has 1 amide bonds. The number of nitrogens with zero attached hydrogens (tertiary/aromatic N) is 3. The second-order valence-electron chi connectivity index (χ2n) is 9.69. The van der Waals surface area contributed by atoms with Crippen LogP contribution in [-0.4, -0.2) is 30.2 Å². The number of hydrogen-bond donors (Lipinski definition) is 0. The van der Waals surface area contributed by atoms with Gasteiger partial charge in [-0.05, 0) is 25.0 Å². The first-order valence-corrected chi connectivity index (χ1v) is 15.9. The number of para-hydroxylation sites is 1. The van der Waals surface area contributed by atoms with Crippen LogP contribution in [0.15, 0.2) is 33.7 Å². The van der Waals surface area contributed by atoms with E-state index in [2.05, 4.69) is 17.0 Å². The van der Waals surface area contributed by atoms with Gasteiger partial charge in [-0.15, -0.1) is 15.6 Å². The summed E-state index contributed by atoms with van der Waals surface area (Å²) in [6.07, 6.45) is 20.3. The summed E-state index contributed by atoms with van der Waals surface area (Å²) in [7, 11) is -4.21. The minimum atomic E-state index is -4.21. The van der Waals surface area contributed by atoms with E-state index in [0.29, 0.717) is 22.8 Å². The third kappa shape index (κ3) is 9.56. The van der Waals surface area contributed by atoms with Gasteiger partial charge in [-0.25, -0.2) is 4.98 Å². The molecule has 9 heteroatoms. The number of carbonyl (C=O) groups excluding carboxylic acids is 1. The maximum absolute atomic E-state index is 12.6. The van der Waals surface area contributed by atoms with Crippen molar-refractivity contribution in [3.05, 3.63) is 24.3 Å². The first-order valence-electron chi connectivity index (χ1n) is 13.7. The van der Waals surface area contributed by atoms with Crippen molar-refractivity contribution in [1.29, 1.82) is 0 Å². The minimum absolute atomic E-state index is 0.105. The summed E-state index contributed by atoms with van der Waals surface area (Å²) in [5, 5.41) is 4.73. The molecule has 1 aromatic heterocycles. The molecule has 0 aliphatic carbocycles. The monoisotopic (exact) mass is 535 g/mol. The van der Waals surface area contributed by atoms with E-state index in [-0.39, 0.29) is 10.8 Å². The summed E-state index contributed by atoms with van der Waals surface area (Å²) in [5.74, 6) is -0.462. The Balaban J connectivity index is 1.25. The molecule has 0 saturated carbocycles. The number of carbonyl (C=O) groups is 1. The van der Waals surface area contributed by atoms with E-state index in [1.807, 2.05) is 6.07 Å². The predicted octanol–water partition coefficient (Wildman–Crippen LogP) is 7.77. The van der Waals surface area contributed by atoms with Gasteiger partial charge in [0, 0.05) is 0 Å². The van der Waals surface area contributed by atoms with Crippen LogP contribution in [0.1, 0.15) is 116 Å². The van der Waals surface area contributed by atoms with Crippen molar-refractivity contribution in [3.8, 4) is 0 Å². The lowest BCUT2D eigenvalue weighted by atomic mass is 10.0. The fraction of sp³-hybridized carbons (Fsp3) is 0.667. The Morgan fingerprint density at radius 2 is 1.42 bits per heavy atom. The lowest BCUT2D eigenvalue weighted by molar-refractivity contribution is -0.152. The van der Waals surface area contributed by atoms with Crippen LogP contribution in [0.5, 0.6) is 0 Å². The number of hydrogen-bond acceptors (Lipinski definition) is 7. The number of thiazole rings is 1. The van der Waals surface area contributed by atoms with Gasteiger partial charge in [0.05, 0.1) is 22.3 Å². The van der Waals surface area contributed by atoms with Crippen LogP contribution >= 0.6 is 11.3 Å². The number of fused-ring (bicyclic) bond motifs is 1. The van der Waals surface area contributed by atoms with Crippen molar-refractivity contribution >= 4 is 43.3 Å². The third-order valence-electron chi connectivity index (χ3n) is 6.53. The fourth-order valence-corrected chi connectivity index (χ4v) is 6.48. The van der Waals surface area contributed by atoms with Crippen LogP contribution in [0.3, 0.4) is 0 Å². The first-order chi connectivity index (χ1) is 17.5. The largest absolute Gasteiger partial charge is 0.347 e. The first kappa shape index (κ1) is 28.7. The van der Waals surface area contributed by atoms with Crippen molar-refractivity contribution in [2.24, 2.45) is 5.10 Å². The Morgan fingerprint density at radius 1 is 0.861 bits per heavy atom. The molecule has 2 heterocycles. The van der Waals surface area contributed by atoms with Gasteiger partial charge in [-0.2, -0.15) is 13.5 Å². The number of benzene rings is 1. The van der Waals surface area contributed by atoms with Gasteiger partial charge in [-0.1, -0.05) is 114 Å². The van der Waals surface area contributed by atoms with E-state index in [0.717, 1.165) is 28.9 Å². The molecule has 0 N–H and O–H groups in total. The Labute approximate surface area is 220 Å². The van der Waals surface area contributed by atoms with Crippen LogP contribution in [0.2, 0.25) is 0 Å². The summed E-state index contributed by atoms with van der Waals surface area (Å²) in [5.41, 5.74) is 1.25. The smallest absolute Gasteiger partial charge is 0.270 e. The minimum Gasteiger partial charge on any atom is -0.270 e. The molecular weight excluding hydrogens is 494 g/mol. The lowest BCUT2D eigenvalue weighted by Gasteiger charge is -2.08. The number of rotatable bonds is 19. The summed E-state index contributed by atoms with van der Waals surface area (Å²) in [4.78, 5) is 16.3. The van der Waals surface area contributed by atoms with Gasteiger partial charge in [0.2, 0.25) is 4.34 Å². The Hall–Kier alpha value is -1.84. The van der Waals surface area contributed by atoms with Crippen molar-refractivity contribution in [1.82, 2.24) is 10.2 Å². The molecule has 36 heavy (non-hydrogen) atoms. The van der Waals surface area contributed by atoms with Crippen LogP contribution in [0, 0.1) is 0 Å². The van der Waals surface area contributed by atoms with Gasteiger partial charge < -0.3 is 0 Å². The Morgan fingerprint density at radius 3 is 2.00 bits per heavy atom. The summed E-state index contributed by atoms with van der Waals surface area (Å²) >= 11 is 1.01. The van der Waals surface area contributed by atoms with Crippen LogP contribution in [0.25, 0.3) is 10.2 Å². The van der Waals surface area contributed by atoms with Gasteiger partial charge in [-0.3, -0.25) is 4.79 Å². The molecule has 2 aromatic rings. The highest BCUT2D eigenvalue weighted by Gasteiger charge is 2.32. The molecule has 0 fully saturated rings. The Kier molecular flexibility index (Phi) is 12.3. The Bertz CT molecular complexity index is 1050. The molecule has 7 nitrogen and oxygen atoms in total. The van der Waals surface area contributed by atoms with Gasteiger partial charge in [0.1, 0.15) is 0 Å². The molecule has 3 rings (SSSR count). The molecule has 0 radical (unpaired) electrons. The van der Waals surface area contributed by atoms with Crippen LogP contribution in [0.4, 0.5) is 0 Å². The van der Waals surface area contributed by atoms with E-state index < -0.39 is 16.0 Å². The highest BCUT2D eigenvalue weighted by atomic mass is 32.3. The number of unbranched alkanes of at least 4 members (excludes halogenated alkanes) is 14. The lowest BCUT2D eigenvalue weighted by Crippen LogP contribution is -2.25. The molecule has 0 bridgehead atoms. The quantitative estimate of drug-likeness (QED) is 0.171. The molecule has 0 atom stereocenters. The van der Waals surface area contributed by atoms with Crippen molar-refractivity contribution in [3.63, 3.8) is 0 Å². The number of aromatic nitrogens is 1. The van der Waals surface area contributed by atoms with E-state index in [1.165, 1.54) is 83.5 Å². The van der Waals surface area contributed by atoms with Gasteiger partial charge in [0.25, 0.3) is 5.91 Å². The molecule has 1 aromatic carbocycles. The maximum atomic E-state index is 12.6. The third-order valence-corrected chi connectivity index (χ3v) is 9.08. The molecular formula is C27H41N3O4S2. The molecule has 0 unspecified atom stereocenters.